The third-order valence-electron chi connectivity index (χ3n) is 9.70. The van der Waals surface area contributed by atoms with Crippen LogP contribution in [0.3, 0.4) is 0 Å². The van der Waals surface area contributed by atoms with Gasteiger partial charge in [-0.05, 0) is 95.4 Å². The van der Waals surface area contributed by atoms with E-state index in [0.29, 0.717) is 6.04 Å². The standard InChI is InChI=1S/C46H34O/c1-46(2,3)41-28-32(27-40-34-17-12-13-23-42(34)47-45(40)41)43-36-19-8-10-21-38(36)44(39-22-11-9-20-37(39)43)35-18-7-6-16-33(35)31-25-24-29-14-4-5-15-30(29)26-31/h4-28H,1-3H3/i4D. The van der Waals surface area contributed by atoms with E-state index in [-0.39, 0.29) is 5.41 Å². The molecule has 0 saturated carbocycles. The number of furan rings is 1. The first-order chi connectivity index (χ1) is 23.3. The molecule has 1 nitrogen and oxygen atoms in total. The van der Waals surface area contributed by atoms with Gasteiger partial charge in [-0.3, -0.25) is 0 Å². The first-order valence-corrected chi connectivity index (χ1v) is 16.3. The second kappa shape index (κ2) is 10.4. The molecule has 9 rings (SSSR count). The van der Waals surface area contributed by atoms with Gasteiger partial charge in [-0.15, -0.1) is 0 Å². The topological polar surface area (TPSA) is 13.1 Å². The molecule has 0 saturated heterocycles. The predicted molar refractivity (Wildman–Crippen MR) is 201 cm³/mol. The van der Waals surface area contributed by atoms with Crippen LogP contribution in [0, 0.1) is 0 Å². The Hall–Kier alpha value is -5.66. The zero-order chi connectivity index (χ0) is 32.6. The Labute approximate surface area is 276 Å². The fraction of sp³-hybridized carbons (Fsp3) is 0.0870. The Morgan fingerprint density at radius 2 is 1.09 bits per heavy atom. The van der Waals surface area contributed by atoms with E-state index in [0.717, 1.165) is 32.7 Å². The zero-order valence-electron chi connectivity index (χ0n) is 27.8. The van der Waals surface area contributed by atoms with Gasteiger partial charge in [-0.1, -0.05) is 148 Å². The summed E-state index contributed by atoms with van der Waals surface area (Å²) in [6.07, 6.45) is 0. The lowest BCUT2D eigenvalue weighted by atomic mass is 9.81. The van der Waals surface area contributed by atoms with Crippen molar-refractivity contribution in [1.29, 1.82) is 0 Å². The summed E-state index contributed by atoms with van der Waals surface area (Å²) in [4.78, 5) is 0. The fourth-order valence-electron chi connectivity index (χ4n) is 7.50. The molecule has 0 atom stereocenters. The smallest absolute Gasteiger partial charge is 0.139 e. The van der Waals surface area contributed by atoms with E-state index in [2.05, 4.69) is 148 Å². The van der Waals surface area contributed by atoms with Gasteiger partial charge in [0.1, 0.15) is 11.2 Å². The van der Waals surface area contributed by atoms with Crippen LogP contribution in [0.4, 0.5) is 0 Å². The molecular formula is C46H34O. The Kier molecular flexibility index (Phi) is 5.90. The lowest BCUT2D eigenvalue weighted by Crippen LogP contribution is -2.11. The maximum absolute atomic E-state index is 8.08. The molecular weight excluding hydrogens is 569 g/mol. The molecule has 8 aromatic carbocycles. The molecule has 0 unspecified atom stereocenters. The largest absolute Gasteiger partial charge is 0.456 e. The molecule has 0 amide bonds. The molecule has 0 fully saturated rings. The number of para-hydroxylation sites is 1. The first-order valence-electron chi connectivity index (χ1n) is 16.8. The van der Waals surface area contributed by atoms with E-state index in [1.54, 1.807) is 0 Å². The maximum atomic E-state index is 8.08. The van der Waals surface area contributed by atoms with Crippen LogP contribution in [-0.2, 0) is 5.41 Å². The Bertz CT molecular complexity index is 2670. The molecule has 0 radical (unpaired) electrons. The monoisotopic (exact) mass is 603 g/mol. The molecule has 0 bridgehead atoms. The molecule has 0 N–H and O–H groups in total. The lowest BCUT2D eigenvalue weighted by molar-refractivity contribution is 0.573. The first kappa shape index (κ1) is 26.5. The highest BCUT2D eigenvalue weighted by atomic mass is 16.3. The van der Waals surface area contributed by atoms with Crippen molar-refractivity contribution >= 4 is 54.3 Å². The van der Waals surface area contributed by atoms with Gasteiger partial charge >= 0.3 is 0 Å². The van der Waals surface area contributed by atoms with Crippen molar-refractivity contribution < 1.29 is 5.79 Å². The average molecular weight is 604 g/mol. The van der Waals surface area contributed by atoms with Crippen molar-refractivity contribution in [3.05, 3.63) is 157 Å². The van der Waals surface area contributed by atoms with Gasteiger partial charge in [0.2, 0.25) is 0 Å². The van der Waals surface area contributed by atoms with Crippen molar-refractivity contribution in [2.75, 3.05) is 0 Å². The molecule has 1 heteroatoms. The molecule has 9 aromatic rings. The lowest BCUT2D eigenvalue weighted by Gasteiger charge is -2.23. The minimum absolute atomic E-state index is 0.116. The van der Waals surface area contributed by atoms with Crippen molar-refractivity contribution in [3.63, 3.8) is 0 Å². The Morgan fingerprint density at radius 1 is 0.468 bits per heavy atom. The second-order valence-electron chi connectivity index (χ2n) is 13.6. The van der Waals surface area contributed by atoms with Crippen LogP contribution in [-0.4, -0.2) is 0 Å². The third kappa shape index (κ3) is 4.38. The predicted octanol–water partition coefficient (Wildman–Crippen LogP) is 13.3. The molecule has 224 valence electrons. The summed E-state index contributed by atoms with van der Waals surface area (Å²) >= 11 is 0. The summed E-state index contributed by atoms with van der Waals surface area (Å²) < 4.78 is 14.6. The molecule has 0 spiro atoms. The van der Waals surface area contributed by atoms with Crippen molar-refractivity contribution in [2.24, 2.45) is 0 Å². The van der Waals surface area contributed by atoms with Crippen LogP contribution in [0.25, 0.3) is 87.6 Å². The number of hydrogen-bond donors (Lipinski definition) is 0. The number of hydrogen-bond acceptors (Lipinski definition) is 1. The van der Waals surface area contributed by atoms with Gasteiger partial charge < -0.3 is 4.42 Å². The Morgan fingerprint density at radius 3 is 1.79 bits per heavy atom. The highest BCUT2D eigenvalue weighted by Gasteiger charge is 2.25. The summed E-state index contributed by atoms with van der Waals surface area (Å²) in [7, 11) is 0. The van der Waals surface area contributed by atoms with E-state index in [4.69, 9.17) is 5.79 Å². The number of fused-ring (bicyclic) bond motifs is 6. The molecule has 1 aromatic heterocycles. The van der Waals surface area contributed by atoms with Gasteiger partial charge in [0.15, 0.2) is 0 Å². The van der Waals surface area contributed by atoms with E-state index >= 15 is 0 Å². The highest BCUT2D eigenvalue weighted by molar-refractivity contribution is 6.23. The average Bonchev–Trinajstić information content (AvgIpc) is 3.48. The van der Waals surface area contributed by atoms with Crippen LogP contribution in [0.5, 0.6) is 0 Å². The van der Waals surface area contributed by atoms with Crippen molar-refractivity contribution in [2.45, 2.75) is 26.2 Å². The van der Waals surface area contributed by atoms with Crippen molar-refractivity contribution in [1.82, 2.24) is 0 Å². The zero-order valence-corrected chi connectivity index (χ0v) is 26.8. The van der Waals surface area contributed by atoms with Crippen LogP contribution in [0.1, 0.15) is 27.7 Å². The van der Waals surface area contributed by atoms with E-state index in [9.17, 15) is 0 Å². The van der Waals surface area contributed by atoms with Crippen LogP contribution < -0.4 is 0 Å². The van der Waals surface area contributed by atoms with Gasteiger partial charge in [-0.25, -0.2) is 0 Å². The van der Waals surface area contributed by atoms with E-state index in [1.165, 1.54) is 60.5 Å². The van der Waals surface area contributed by atoms with Crippen LogP contribution >= 0.6 is 0 Å². The summed E-state index contributed by atoms with van der Waals surface area (Å²) in [5.74, 6) is 0. The van der Waals surface area contributed by atoms with Gasteiger partial charge in [0.05, 0.1) is 1.37 Å². The van der Waals surface area contributed by atoms with Crippen LogP contribution in [0.2, 0.25) is 0 Å². The summed E-state index contributed by atoms with van der Waals surface area (Å²) in [6, 6.07) is 52.6. The third-order valence-corrected chi connectivity index (χ3v) is 9.70. The summed E-state index contributed by atoms with van der Waals surface area (Å²) in [5, 5.41) is 9.45. The minimum Gasteiger partial charge on any atom is -0.456 e. The second-order valence-corrected chi connectivity index (χ2v) is 13.6. The Balaban J connectivity index is 1.37. The quantitative estimate of drug-likeness (QED) is 0.183. The summed E-state index contributed by atoms with van der Waals surface area (Å²) in [6.45, 7) is 6.81. The minimum atomic E-state index is -0.116. The van der Waals surface area contributed by atoms with Gasteiger partial charge in [0.25, 0.3) is 0 Å². The molecule has 0 aliphatic carbocycles. The van der Waals surface area contributed by atoms with E-state index < -0.39 is 0 Å². The summed E-state index contributed by atoms with van der Waals surface area (Å²) in [5.41, 5.74) is 10.3. The molecule has 0 aliphatic rings. The number of rotatable bonds is 3. The maximum Gasteiger partial charge on any atom is 0.139 e. The molecule has 47 heavy (non-hydrogen) atoms. The highest BCUT2D eigenvalue weighted by Crippen LogP contribution is 2.48. The SMILES string of the molecule is [2H]c1ccc2cc(-c3ccccc3-c3c4ccccc4c(-c4cc(C(C)(C)C)c5oc6ccccc6c5c4)c4ccccc34)ccc2c1. The van der Waals surface area contributed by atoms with Crippen LogP contribution in [0.15, 0.2) is 156 Å². The normalized spacial score (nSPS) is 12.4. The van der Waals surface area contributed by atoms with Gasteiger partial charge in [-0.2, -0.15) is 0 Å². The van der Waals surface area contributed by atoms with Crippen molar-refractivity contribution in [3.8, 4) is 33.4 Å². The number of benzene rings is 8. The molecule has 1 heterocycles. The van der Waals surface area contributed by atoms with Gasteiger partial charge in [0, 0.05) is 16.3 Å². The fourth-order valence-corrected chi connectivity index (χ4v) is 7.50. The molecule has 0 aliphatic heterocycles. The van der Waals surface area contributed by atoms with E-state index in [1.807, 2.05) is 18.2 Å².